The van der Waals surface area contributed by atoms with E-state index < -0.39 is 11.8 Å². The van der Waals surface area contributed by atoms with Gasteiger partial charge in [0.15, 0.2) is 5.78 Å². The molecular weight excluding hydrogens is 555 g/mol. The molecule has 0 spiro atoms. The average molecular weight is 584 g/mol. The molecule has 4 aromatic carbocycles. The molecule has 206 valence electrons. The molecule has 5 nitrogen and oxygen atoms in total. The third-order valence-electron chi connectivity index (χ3n) is 6.25. The monoisotopic (exact) mass is 582 g/mol. The lowest BCUT2D eigenvalue weighted by Crippen LogP contribution is -2.30. The molecule has 4 aromatic rings. The number of benzene rings is 4. The van der Waals surface area contributed by atoms with Crippen LogP contribution in [0.2, 0.25) is 10.0 Å². The Morgan fingerprint density at radius 2 is 1.46 bits per heavy atom. The Morgan fingerprint density at radius 1 is 0.780 bits per heavy atom. The van der Waals surface area contributed by atoms with Gasteiger partial charge in [-0.2, -0.15) is 0 Å². The van der Waals surface area contributed by atoms with Gasteiger partial charge in [0.25, 0.3) is 11.8 Å². The van der Waals surface area contributed by atoms with Crippen molar-refractivity contribution in [2.24, 2.45) is 0 Å². The summed E-state index contributed by atoms with van der Waals surface area (Å²) < 4.78 is 0. The highest BCUT2D eigenvalue weighted by Gasteiger charge is 2.15. The van der Waals surface area contributed by atoms with E-state index in [9.17, 15) is 14.4 Å². The number of ketones is 1. The molecule has 0 aliphatic carbocycles. The summed E-state index contributed by atoms with van der Waals surface area (Å²) in [5.74, 6) is -0.762. The van der Waals surface area contributed by atoms with Crippen LogP contribution < -0.4 is 10.6 Å². The summed E-state index contributed by atoms with van der Waals surface area (Å²) in [5, 5.41) is 6.50. The fourth-order valence-electron chi connectivity index (χ4n) is 3.90. The number of carbonyl (C=O) groups excluding carboxylic acids is 3. The van der Waals surface area contributed by atoms with Gasteiger partial charge in [-0.1, -0.05) is 85.6 Å². The standard InChI is InChI=1S/C34H28Cl2N2O3/c1-22(2)24-10-8-23(9-11-24)20-31(38-33(40)27-6-4-3-5-7-27)34(41)37-29-17-13-26(14-18-29)32(39)19-15-25-12-16-28(35)21-30(25)36/h3-22H,1-2H3,(H,37,41)(H,38,40)/b19-15+,31-20-. The number of halogens is 2. The molecule has 7 heteroatoms. The van der Waals surface area contributed by atoms with E-state index in [1.165, 1.54) is 11.6 Å². The number of nitrogens with one attached hydrogen (secondary N) is 2. The molecule has 2 amide bonds. The van der Waals surface area contributed by atoms with Gasteiger partial charge in [0, 0.05) is 26.9 Å². The summed E-state index contributed by atoms with van der Waals surface area (Å²) in [5.41, 5.74) is 4.01. The smallest absolute Gasteiger partial charge is 0.272 e. The van der Waals surface area contributed by atoms with Crippen molar-refractivity contribution in [1.29, 1.82) is 0 Å². The highest BCUT2D eigenvalue weighted by atomic mass is 35.5. The van der Waals surface area contributed by atoms with Crippen molar-refractivity contribution in [3.05, 3.63) is 147 Å². The van der Waals surface area contributed by atoms with Crippen LogP contribution in [-0.2, 0) is 4.79 Å². The molecule has 0 bridgehead atoms. The highest BCUT2D eigenvalue weighted by molar-refractivity contribution is 6.35. The zero-order valence-corrected chi connectivity index (χ0v) is 24.0. The SMILES string of the molecule is CC(C)c1ccc(/C=C(\NC(=O)c2ccccc2)C(=O)Nc2ccc(C(=O)/C=C/c3ccc(Cl)cc3Cl)cc2)cc1. The van der Waals surface area contributed by atoms with E-state index in [-0.39, 0.29) is 11.5 Å². The van der Waals surface area contributed by atoms with E-state index in [1.54, 1.807) is 78.9 Å². The minimum atomic E-state index is -0.501. The first kappa shape index (κ1) is 29.5. The van der Waals surface area contributed by atoms with Gasteiger partial charge in [-0.15, -0.1) is 0 Å². The van der Waals surface area contributed by atoms with Crippen LogP contribution in [0.25, 0.3) is 12.2 Å². The summed E-state index contributed by atoms with van der Waals surface area (Å²) in [4.78, 5) is 38.8. The fourth-order valence-corrected chi connectivity index (χ4v) is 4.37. The van der Waals surface area contributed by atoms with E-state index in [0.717, 1.165) is 5.56 Å². The highest BCUT2D eigenvalue weighted by Crippen LogP contribution is 2.22. The number of hydrogen-bond donors (Lipinski definition) is 2. The van der Waals surface area contributed by atoms with Gasteiger partial charge in [-0.05, 0) is 89.4 Å². The zero-order chi connectivity index (χ0) is 29.4. The Hall–Kier alpha value is -4.45. The van der Waals surface area contributed by atoms with Crippen LogP contribution in [0.15, 0.2) is 109 Å². The van der Waals surface area contributed by atoms with Crippen LogP contribution in [0.4, 0.5) is 5.69 Å². The van der Waals surface area contributed by atoms with E-state index in [0.29, 0.717) is 38.3 Å². The normalized spacial score (nSPS) is 11.5. The second-order valence-corrected chi connectivity index (χ2v) is 10.4. The van der Waals surface area contributed by atoms with E-state index >= 15 is 0 Å². The van der Waals surface area contributed by atoms with Crippen molar-refractivity contribution < 1.29 is 14.4 Å². The van der Waals surface area contributed by atoms with Crippen LogP contribution in [0.5, 0.6) is 0 Å². The number of anilines is 1. The first-order valence-electron chi connectivity index (χ1n) is 13.0. The van der Waals surface area contributed by atoms with Crippen LogP contribution in [0, 0.1) is 0 Å². The lowest BCUT2D eigenvalue weighted by atomic mass is 10.0. The third kappa shape index (κ3) is 8.27. The second kappa shape index (κ2) is 13.8. The Bertz CT molecular complexity index is 1610. The topological polar surface area (TPSA) is 75.3 Å². The van der Waals surface area contributed by atoms with Gasteiger partial charge in [0.2, 0.25) is 0 Å². The van der Waals surface area contributed by atoms with Gasteiger partial charge < -0.3 is 10.6 Å². The first-order chi connectivity index (χ1) is 19.7. The molecule has 0 saturated heterocycles. The fraction of sp³-hybridized carbons (Fsp3) is 0.0882. The molecule has 2 N–H and O–H groups in total. The summed E-state index contributed by atoms with van der Waals surface area (Å²) in [7, 11) is 0. The molecule has 0 radical (unpaired) electrons. The van der Waals surface area contributed by atoms with E-state index in [2.05, 4.69) is 24.5 Å². The number of carbonyl (C=O) groups is 3. The van der Waals surface area contributed by atoms with Gasteiger partial charge >= 0.3 is 0 Å². The predicted molar refractivity (Wildman–Crippen MR) is 167 cm³/mol. The largest absolute Gasteiger partial charge is 0.321 e. The Labute approximate surface area is 249 Å². The van der Waals surface area contributed by atoms with Crippen molar-refractivity contribution in [2.45, 2.75) is 19.8 Å². The van der Waals surface area contributed by atoms with Crippen molar-refractivity contribution in [1.82, 2.24) is 5.32 Å². The van der Waals surface area contributed by atoms with Crippen LogP contribution in [0.3, 0.4) is 0 Å². The summed E-state index contributed by atoms with van der Waals surface area (Å²) in [6.45, 7) is 4.21. The molecule has 0 aromatic heterocycles. The molecule has 0 aliphatic heterocycles. The summed E-state index contributed by atoms with van der Waals surface area (Å²) in [6.07, 6.45) is 4.68. The average Bonchev–Trinajstić information content (AvgIpc) is 2.97. The lowest BCUT2D eigenvalue weighted by Gasteiger charge is -2.12. The molecule has 0 unspecified atom stereocenters. The van der Waals surface area contributed by atoms with Crippen LogP contribution in [-0.4, -0.2) is 17.6 Å². The molecular formula is C34H28Cl2N2O3. The number of rotatable bonds is 9. The summed E-state index contributed by atoms with van der Waals surface area (Å²) in [6, 6.07) is 28.0. The Balaban J connectivity index is 1.50. The Morgan fingerprint density at radius 3 is 2.10 bits per heavy atom. The number of hydrogen-bond acceptors (Lipinski definition) is 3. The maximum atomic E-state index is 13.3. The first-order valence-corrected chi connectivity index (χ1v) is 13.7. The molecule has 0 fully saturated rings. The van der Waals surface area contributed by atoms with Crippen LogP contribution >= 0.6 is 23.2 Å². The van der Waals surface area contributed by atoms with Crippen molar-refractivity contribution in [3.8, 4) is 0 Å². The molecule has 0 saturated carbocycles. The van der Waals surface area contributed by atoms with Gasteiger partial charge in [-0.3, -0.25) is 14.4 Å². The molecule has 0 aliphatic rings. The van der Waals surface area contributed by atoms with Crippen LogP contribution in [0.1, 0.15) is 57.2 Å². The summed E-state index contributed by atoms with van der Waals surface area (Å²) >= 11 is 12.1. The van der Waals surface area contributed by atoms with E-state index in [4.69, 9.17) is 23.2 Å². The van der Waals surface area contributed by atoms with Gasteiger partial charge in [0.05, 0.1) is 0 Å². The van der Waals surface area contributed by atoms with Crippen molar-refractivity contribution in [2.75, 3.05) is 5.32 Å². The molecule has 41 heavy (non-hydrogen) atoms. The van der Waals surface area contributed by atoms with Gasteiger partial charge in [-0.25, -0.2) is 0 Å². The maximum absolute atomic E-state index is 13.3. The predicted octanol–water partition coefficient (Wildman–Crippen LogP) is 8.42. The van der Waals surface area contributed by atoms with Crippen molar-refractivity contribution in [3.63, 3.8) is 0 Å². The lowest BCUT2D eigenvalue weighted by molar-refractivity contribution is -0.113. The van der Waals surface area contributed by atoms with E-state index in [1.807, 2.05) is 30.3 Å². The van der Waals surface area contributed by atoms with Gasteiger partial charge in [0.1, 0.15) is 5.70 Å². The molecule has 4 rings (SSSR count). The number of allylic oxidation sites excluding steroid dienone is 1. The number of amides is 2. The minimum Gasteiger partial charge on any atom is -0.321 e. The maximum Gasteiger partial charge on any atom is 0.272 e. The quantitative estimate of drug-likeness (QED) is 0.153. The molecule has 0 heterocycles. The zero-order valence-electron chi connectivity index (χ0n) is 22.5. The van der Waals surface area contributed by atoms with Crippen molar-refractivity contribution >= 4 is 58.6 Å². The minimum absolute atomic E-state index is 0.0825. The Kier molecular flexibility index (Phi) is 9.91. The molecule has 0 atom stereocenters. The third-order valence-corrected chi connectivity index (χ3v) is 6.81. The second-order valence-electron chi connectivity index (χ2n) is 9.59.